The summed E-state index contributed by atoms with van der Waals surface area (Å²) in [6, 6.07) is 18.0. The van der Waals surface area contributed by atoms with Crippen LogP contribution in [-0.4, -0.2) is 23.8 Å². The van der Waals surface area contributed by atoms with Gasteiger partial charge in [0.15, 0.2) is 11.0 Å². The Morgan fingerprint density at radius 2 is 1.71 bits per heavy atom. The second-order valence-corrected chi connectivity index (χ2v) is 8.74. The number of carbonyl (C=O) groups is 2. The van der Waals surface area contributed by atoms with Crippen LogP contribution in [0.15, 0.2) is 75.9 Å². The van der Waals surface area contributed by atoms with Crippen molar-refractivity contribution >= 4 is 28.5 Å². The Morgan fingerprint density at radius 1 is 0.971 bits per heavy atom. The first-order chi connectivity index (χ1) is 16.3. The summed E-state index contributed by atoms with van der Waals surface area (Å²) in [6.07, 6.45) is 0. The third-order valence-corrected chi connectivity index (χ3v) is 6.78. The van der Waals surface area contributed by atoms with Gasteiger partial charge in [-0.1, -0.05) is 42.0 Å². The van der Waals surface area contributed by atoms with E-state index in [1.807, 2.05) is 6.92 Å². The maximum Gasteiger partial charge on any atom is 0.291 e. The first-order valence-electron chi connectivity index (χ1n) is 10.9. The van der Waals surface area contributed by atoms with Crippen LogP contribution < -0.4 is 10.3 Å². The molecule has 2 aliphatic heterocycles. The van der Waals surface area contributed by atoms with Gasteiger partial charge in [0.2, 0.25) is 5.76 Å². The molecule has 0 N–H and O–H groups in total. The quantitative estimate of drug-likeness (QED) is 0.457. The Bertz CT molecular complexity index is 1590. The van der Waals surface area contributed by atoms with Crippen molar-refractivity contribution in [2.75, 3.05) is 11.9 Å². The Morgan fingerprint density at radius 3 is 2.47 bits per heavy atom. The number of benzene rings is 3. The molecule has 0 radical (unpaired) electrons. The molecule has 0 aliphatic carbocycles. The highest BCUT2D eigenvalue weighted by Gasteiger charge is 2.64. The summed E-state index contributed by atoms with van der Waals surface area (Å²) in [5.74, 6) is -1.52. The molecule has 1 unspecified atom stereocenters. The van der Waals surface area contributed by atoms with Gasteiger partial charge in [-0.2, -0.15) is 0 Å². The number of anilines is 1. The Labute approximate surface area is 193 Å². The Kier molecular flexibility index (Phi) is 4.11. The van der Waals surface area contributed by atoms with E-state index < -0.39 is 28.6 Å². The van der Waals surface area contributed by atoms with Crippen molar-refractivity contribution in [2.45, 2.75) is 19.0 Å². The lowest BCUT2D eigenvalue weighted by molar-refractivity contribution is -0.126. The zero-order valence-electron chi connectivity index (χ0n) is 18.5. The molecule has 2 aliphatic rings. The predicted molar refractivity (Wildman–Crippen MR) is 124 cm³/mol. The van der Waals surface area contributed by atoms with Crippen molar-refractivity contribution in [3.05, 3.63) is 111 Å². The molecule has 1 atom stereocenters. The summed E-state index contributed by atoms with van der Waals surface area (Å²) in [7, 11) is 1.63. The molecule has 0 saturated carbocycles. The molecule has 6 nitrogen and oxygen atoms in total. The molecule has 34 heavy (non-hydrogen) atoms. The fourth-order valence-electron chi connectivity index (χ4n) is 5.20. The van der Waals surface area contributed by atoms with Crippen LogP contribution in [-0.2, 0) is 16.9 Å². The van der Waals surface area contributed by atoms with Crippen LogP contribution in [0.4, 0.5) is 10.1 Å². The van der Waals surface area contributed by atoms with E-state index in [4.69, 9.17) is 4.42 Å². The van der Waals surface area contributed by atoms with Crippen molar-refractivity contribution in [3.63, 3.8) is 0 Å². The maximum absolute atomic E-state index is 14.0. The van der Waals surface area contributed by atoms with E-state index in [9.17, 15) is 18.8 Å². The number of aryl methyl sites for hydroxylation is 1. The molecule has 2 amide bonds. The van der Waals surface area contributed by atoms with Gasteiger partial charge in [0, 0.05) is 24.8 Å². The summed E-state index contributed by atoms with van der Waals surface area (Å²) in [6.45, 7) is 1.85. The number of likely N-dealkylation sites (N-methyl/N-ethyl adjacent to an activating group) is 1. The average Bonchev–Trinajstić information content (AvgIpc) is 3.21. The molecule has 1 spiro atoms. The molecule has 3 aromatic carbocycles. The summed E-state index contributed by atoms with van der Waals surface area (Å²) < 4.78 is 19.5. The fourth-order valence-corrected chi connectivity index (χ4v) is 5.20. The van der Waals surface area contributed by atoms with Gasteiger partial charge in [0.1, 0.15) is 11.4 Å². The number of fused-ring (bicyclic) bond motifs is 5. The van der Waals surface area contributed by atoms with Gasteiger partial charge in [0.05, 0.1) is 10.9 Å². The van der Waals surface area contributed by atoms with Gasteiger partial charge < -0.3 is 14.2 Å². The predicted octanol–water partition coefficient (Wildman–Crippen LogP) is 4.12. The number of nitrogens with zero attached hydrogens (tertiary/aromatic N) is 2. The summed E-state index contributed by atoms with van der Waals surface area (Å²) in [5, 5.41) is 0.314. The van der Waals surface area contributed by atoms with Gasteiger partial charge in [0.25, 0.3) is 11.8 Å². The number of amides is 2. The van der Waals surface area contributed by atoms with Crippen molar-refractivity contribution in [1.82, 2.24) is 4.90 Å². The van der Waals surface area contributed by atoms with Gasteiger partial charge in [-0.3, -0.25) is 14.4 Å². The third-order valence-electron chi connectivity index (χ3n) is 6.78. The highest BCUT2D eigenvalue weighted by molar-refractivity contribution is 6.16. The van der Waals surface area contributed by atoms with Gasteiger partial charge in [-0.25, -0.2) is 4.39 Å². The van der Waals surface area contributed by atoms with Gasteiger partial charge in [-0.05, 0) is 42.8 Å². The first-order valence-corrected chi connectivity index (χ1v) is 10.9. The van der Waals surface area contributed by atoms with Crippen LogP contribution in [0.1, 0.15) is 32.8 Å². The van der Waals surface area contributed by atoms with Crippen LogP contribution in [0, 0.1) is 12.7 Å². The standard InChI is InChI=1S/C27H19FN2O4/c1-15-7-12-21-18(13-15)23(31)22-24(34-21)25(32)30(14-16-8-10-17(28)11-9-16)27(22)19-5-3-4-6-20(19)29(2)26(27)33/h3-13H,14H2,1-2H3. The van der Waals surface area contributed by atoms with Crippen LogP contribution >= 0.6 is 0 Å². The minimum absolute atomic E-state index is 0.00790. The summed E-state index contributed by atoms with van der Waals surface area (Å²) >= 11 is 0. The van der Waals surface area contributed by atoms with Crippen LogP contribution in [0.3, 0.4) is 0 Å². The third kappa shape index (κ3) is 2.46. The number of rotatable bonds is 2. The van der Waals surface area contributed by atoms with Crippen LogP contribution in [0.2, 0.25) is 0 Å². The molecule has 7 heteroatoms. The van der Waals surface area contributed by atoms with Crippen molar-refractivity contribution in [3.8, 4) is 0 Å². The smallest absolute Gasteiger partial charge is 0.291 e. The van der Waals surface area contributed by atoms with E-state index in [0.29, 0.717) is 22.2 Å². The minimum atomic E-state index is -1.68. The van der Waals surface area contributed by atoms with Crippen molar-refractivity contribution in [2.24, 2.45) is 0 Å². The minimum Gasteiger partial charge on any atom is -0.450 e. The molecule has 1 aromatic heterocycles. The topological polar surface area (TPSA) is 70.8 Å². The van der Waals surface area contributed by atoms with E-state index >= 15 is 0 Å². The van der Waals surface area contributed by atoms with Crippen molar-refractivity contribution in [1.29, 1.82) is 0 Å². The molecular formula is C27H19FN2O4. The lowest BCUT2D eigenvalue weighted by Gasteiger charge is -2.34. The zero-order chi connectivity index (χ0) is 23.8. The highest BCUT2D eigenvalue weighted by atomic mass is 19.1. The second-order valence-electron chi connectivity index (χ2n) is 8.74. The van der Waals surface area contributed by atoms with E-state index in [-0.39, 0.29) is 23.5 Å². The lowest BCUT2D eigenvalue weighted by Crippen LogP contribution is -2.52. The van der Waals surface area contributed by atoms with Gasteiger partial charge >= 0.3 is 0 Å². The van der Waals surface area contributed by atoms with Gasteiger partial charge in [-0.15, -0.1) is 0 Å². The molecule has 6 rings (SSSR count). The molecule has 3 heterocycles. The van der Waals surface area contributed by atoms with Crippen LogP contribution in [0.25, 0.3) is 11.0 Å². The number of carbonyl (C=O) groups excluding carboxylic acids is 2. The summed E-state index contributed by atoms with van der Waals surface area (Å²) in [5.41, 5.74) is 0.856. The number of halogens is 1. The van der Waals surface area contributed by atoms with E-state index in [0.717, 1.165) is 5.56 Å². The number of hydrogen-bond donors (Lipinski definition) is 0. The molecule has 4 aromatic rings. The maximum atomic E-state index is 14.0. The summed E-state index contributed by atoms with van der Waals surface area (Å²) in [4.78, 5) is 44.6. The van der Waals surface area contributed by atoms with E-state index in [1.165, 1.54) is 21.9 Å². The molecule has 0 saturated heterocycles. The monoisotopic (exact) mass is 454 g/mol. The largest absolute Gasteiger partial charge is 0.450 e. The highest BCUT2D eigenvalue weighted by Crippen LogP contribution is 2.52. The molecule has 0 bridgehead atoms. The average molecular weight is 454 g/mol. The Hall–Kier alpha value is -4.26. The van der Waals surface area contributed by atoms with E-state index in [2.05, 4.69) is 0 Å². The first kappa shape index (κ1) is 20.4. The Balaban J connectivity index is 1.70. The normalized spacial score (nSPS) is 18.8. The second kappa shape index (κ2) is 6.87. The van der Waals surface area contributed by atoms with E-state index in [1.54, 1.807) is 61.6 Å². The number of para-hydroxylation sites is 1. The van der Waals surface area contributed by atoms with Crippen molar-refractivity contribution < 1.29 is 18.4 Å². The fraction of sp³-hybridized carbons (Fsp3) is 0.148. The van der Waals surface area contributed by atoms with Crippen LogP contribution in [0.5, 0.6) is 0 Å². The lowest BCUT2D eigenvalue weighted by atomic mass is 9.83. The molecule has 0 fully saturated rings. The number of hydrogen-bond acceptors (Lipinski definition) is 4. The zero-order valence-corrected chi connectivity index (χ0v) is 18.5. The molecule has 168 valence electrons. The molecular weight excluding hydrogens is 435 g/mol. The SMILES string of the molecule is Cc1ccc2oc3c(c(=O)c2c1)C1(C(=O)N(C)c2ccccc21)N(Cc1ccc(F)cc1)C3=O.